The van der Waals surface area contributed by atoms with Gasteiger partial charge in [0.2, 0.25) is 0 Å². The molecule has 0 spiro atoms. The first-order valence-electron chi connectivity index (χ1n) is 11.4. The third-order valence-corrected chi connectivity index (χ3v) is 5.38. The van der Waals surface area contributed by atoms with E-state index in [1.54, 1.807) is 0 Å². The number of hydrogen-bond acceptors (Lipinski definition) is 4. The van der Waals surface area contributed by atoms with Crippen molar-refractivity contribution in [1.29, 1.82) is 0 Å². The topological polar surface area (TPSA) is 72.7 Å². The summed E-state index contributed by atoms with van der Waals surface area (Å²) in [6.07, 6.45) is 3.31. The smallest absolute Gasteiger partial charge is 0.191 e. The molecule has 7 nitrogen and oxygen atoms in total. The van der Waals surface area contributed by atoms with Crippen LogP contribution in [0.25, 0.3) is 0 Å². The molecule has 1 fully saturated rings. The number of halogens is 1. The summed E-state index contributed by atoms with van der Waals surface area (Å²) in [6.45, 7) is 11.7. The summed E-state index contributed by atoms with van der Waals surface area (Å²) >= 11 is 0. The highest BCUT2D eigenvalue weighted by molar-refractivity contribution is 14.0. The van der Waals surface area contributed by atoms with Crippen LogP contribution in [0.15, 0.2) is 35.3 Å². The van der Waals surface area contributed by atoms with Gasteiger partial charge in [0, 0.05) is 38.5 Å². The molecule has 0 radical (unpaired) electrons. The van der Waals surface area contributed by atoms with E-state index >= 15 is 0 Å². The Kier molecular flexibility index (Phi) is 12.0. The minimum absolute atomic E-state index is 0. The van der Waals surface area contributed by atoms with Crippen LogP contribution in [0.3, 0.4) is 0 Å². The molecule has 1 saturated heterocycles. The van der Waals surface area contributed by atoms with Crippen molar-refractivity contribution in [2.75, 3.05) is 26.3 Å². The zero-order valence-corrected chi connectivity index (χ0v) is 21.9. The van der Waals surface area contributed by atoms with Gasteiger partial charge in [0.15, 0.2) is 5.96 Å². The molecule has 2 N–H and O–H groups in total. The average molecular weight is 556 g/mol. The predicted octanol–water partition coefficient (Wildman–Crippen LogP) is 3.96. The van der Waals surface area contributed by atoms with Crippen molar-refractivity contribution in [3.63, 3.8) is 0 Å². The Labute approximate surface area is 209 Å². The number of hydrogen-bond donors (Lipinski definition) is 2. The zero-order chi connectivity index (χ0) is 21.9. The van der Waals surface area contributed by atoms with E-state index in [-0.39, 0.29) is 24.0 Å². The summed E-state index contributed by atoms with van der Waals surface area (Å²) in [5.74, 6) is 0.850. The number of guanidine groups is 1. The van der Waals surface area contributed by atoms with Gasteiger partial charge in [-0.2, -0.15) is 5.10 Å². The van der Waals surface area contributed by atoms with Crippen LogP contribution in [0.2, 0.25) is 0 Å². The number of ether oxygens (including phenoxy) is 2. The molecule has 178 valence electrons. The maximum atomic E-state index is 6.00. The minimum atomic E-state index is 0. The number of benzene rings is 1. The molecule has 0 amide bonds. The fourth-order valence-corrected chi connectivity index (χ4v) is 3.65. The van der Waals surface area contributed by atoms with E-state index < -0.39 is 0 Å². The lowest BCUT2D eigenvalue weighted by atomic mass is 10.1. The second-order valence-corrected chi connectivity index (χ2v) is 8.06. The van der Waals surface area contributed by atoms with Crippen molar-refractivity contribution in [2.24, 2.45) is 4.99 Å². The van der Waals surface area contributed by atoms with E-state index in [2.05, 4.69) is 64.6 Å². The summed E-state index contributed by atoms with van der Waals surface area (Å²) in [5.41, 5.74) is 4.67. The lowest BCUT2D eigenvalue weighted by molar-refractivity contribution is -0.0390. The molecule has 0 unspecified atom stereocenters. The molecule has 0 atom stereocenters. The van der Waals surface area contributed by atoms with Gasteiger partial charge in [0.25, 0.3) is 0 Å². The highest BCUT2D eigenvalue weighted by atomic mass is 127. The van der Waals surface area contributed by atoms with Crippen LogP contribution in [0.5, 0.6) is 0 Å². The maximum absolute atomic E-state index is 6.00. The zero-order valence-electron chi connectivity index (χ0n) is 19.6. The number of aliphatic imine (C=N–C) groups is 1. The molecule has 1 aromatic carbocycles. The van der Waals surface area contributed by atoms with Gasteiger partial charge in [-0.05, 0) is 57.2 Å². The Hall–Kier alpha value is -1.65. The molecular weight excluding hydrogens is 517 g/mol. The summed E-state index contributed by atoms with van der Waals surface area (Å²) in [4.78, 5) is 4.73. The lowest BCUT2D eigenvalue weighted by Crippen LogP contribution is -2.38. The van der Waals surface area contributed by atoms with Crippen molar-refractivity contribution in [1.82, 2.24) is 20.4 Å². The fourth-order valence-electron chi connectivity index (χ4n) is 3.65. The second-order valence-electron chi connectivity index (χ2n) is 8.06. The van der Waals surface area contributed by atoms with Gasteiger partial charge in [0.1, 0.15) is 0 Å². The van der Waals surface area contributed by atoms with Gasteiger partial charge in [-0.15, -0.1) is 24.0 Å². The van der Waals surface area contributed by atoms with Gasteiger partial charge < -0.3 is 20.1 Å². The number of nitrogens with one attached hydrogen (secondary N) is 2. The first-order chi connectivity index (χ1) is 15.1. The summed E-state index contributed by atoms with van der Waals surface area (Å²) in [6, 6.07) is 10.7. The molecule has 0 saturated carbocycles. The number of aryl methyl sites for hydroxylation is 3. The quantitative estimate of drug-likeness (QED) is 0.201. The van der Waals surface area contributed by atoms with E-state index in [4.69, 9.17) is 14.5 Å². The SMILES string of the molecule is CCNC(=NCc1ccc(COC2CCOCC2)cc1)NCCCn1nc(C)cc1C.I. The molecule has 2 heterocycles. The molecule has 0 bridgehead atoms. The molecule has 3 rings (SSSR count). The van der Waals surface area contributed by atoms with Crippen LogP contribution in [-0.2, 0) is 29.2 Å². The van der Waals surface area contributed by atoms with Crippen LogP contribution < -0.4 is 10.6 Å². The maximum Gasteiger partial charge on any atom is 0.191 e. The fraction of sp³-hybridized carbons (Fsp3) is 0.583. The Bertz CT molecular complexity index is 816. The lowest BCUT2D eigenvalue weighted by Gasteiger charge is -2.22. The van der Waals surface area contributed by atoms with Crippen LogP contribution in [0.1, 0.15) is 48.7 Å². The monoisotopic (exact) mass is 555 g/mol. The molecule has 1 aliphatic rings. The van der Waals surface area contributed by atoms with Crippen LogP contribution in [0, 0.1) is 13.8 Å². The molecule has 1 aromatic heterocycles. The van der Waals surface area contributed by atoms with Gasteiger partial charge >= 0.3 is 0 Å². The molecular formula is C24H38IN5O2. The largest absolute Gasteiger partial charge is 0.381 e. The van der Waals surface area contributed by atoms with E-state index in [0.717, 1.165) is 63.8 Å². The second kappa shape index (κ2) is 14.5. The van der Waals surface area contributed by atoms with Crippen molar-refractivity contribution in [2.45, 2.75) is 65.8 Å². The summed E-state index contributed by atoms with van der Waals surface area (Å²) in [5, 5.41) is 11.3. The van der Waals surface area contributed by atoms with Crippen LogP contribution >= 0.6 is 24.0 Å². The number of nitrogens with zero attached hydrogens (tertiary/aromatic N) is 3. The number of rotatable bonds is 10. The standard InChI is InChI=1S/C24H37N5O2.HI/c1-4-25-24(26-12-5-13-29-20(3)16-19(2)28-29)27-17-21-6-8-22(9-7-21)18-31-23-10-14-30-15-11-23;/h6-9,16,23H,4-5,10-15,17-18H2,1-3H3,(H2,25,26,27);1H. The Morgan fingerprint density at radius 1 is 1.16 bits per heavy atom. The third-order valence-electron chi connectivity index (χ3n) is 5.38. The Balaban J connectivity index is 0.00000363. The first kappa shape index (κ1) is 26.6. The molecule has 1 aliphatic heterocycles. The van der Waals surface area contributed by atoms with Crippen LogP contribution in [-0.4, -0.2) is 48.1 Å². The summed E-state index contributed by atoms with van der Waals surface area (Å²) < 4.78 is 13.4. The van der Waals surface area contributed by atoms with Crippen molar-refractivity contribution in [3.8, 4) is 0 Å². The normalized spacial score (nSPS) is 14.8. The van der Waals surface area contributed by atoms with E-state index in [9.17, 15) is 0 Å². The first-order valence-corrected chi connectivity index (χ1v) is 11.4. The van der Waals surface area contributed by atoms with Crippen molar-refractivity contribution in [3.05, 3.63) is 52.8 Å². The van der Waals surface area contributed by atoms with Gasteiger partial charge in [0.05, 0.1) is 24.9 Å². The highest BCUT2D eigenvalue weighted by Crippen LogP contribution is 2.14. The van der Waals surface area contributed by atoms with Gasteiger partial charge in [-0.25, -0.2) is 4.99 Å². The molecule has 2 aromatic rings. The van der Waals surface area contributed by atoms with E-state index in [1.165, 1.54) is 16.8 Å². The molecule has 32 heavy (non-hydrogen) atoms. The Morgan fingerprint density at radius 2 is 1.88 bits per heavy atom. The van der Waals surface area contributed by atoms with Crippen molar-refractivity contribution >= 4 is 29.9 Å². The molecule has 8 heteroatoms. The molecule has 0 aliphatic carbocycles. The highest BCUT2D eigenvalue weighted by Gasteiger charge is 2.13. The number of aromatic nitrogens is 2. The van der Waals surface area contributed by atoms with Gasteiger partial charge in [-0.3, -0.25) is 4.68 Å². The van der Waals surface area contributed by atoms with E-state index in [0.29, 0.717) is 19.3 Å². The van der Waals surface area contributed by atoms with Crippen LogP contribution in [0.4, 0.5) is 0 Å². The van der Waals surface area contributed by atoms with Crippen molar-refractivity contribution < 1.29 is 9.47 Å². The van der Waals surface area contributed by atoms with Gasteiger partial charge in [-0.1, -0.05) is 24.3 Å². The third kappa shape index (κ3) is 9.07. The minimum Gasteiger partial charge on any atom is -0.381 e. The van der Waals surface area contributed by atoms with E-state index in [1.807, 2.05) is 6.92 Å². The Morgan fingerprint density at radius 3 is 2.53 bits per heavy atom. The average Bonchev–Trinajstić information content (AvgIpc) is 3.11. The predicted molar refractivity (Wildman–Crippen MR) is 140 cm³/mol. The summed E-state index contributed by atoms with van der Waals surface area (Å²) in [7, 11) is 0.